The summed E-state index contributed by atoms with van der Waals surface area (Å²) in [7, 11) is 0. The van der Waals surface area contributed by atoms with E-state index in [0.717, 1.165) is 12.5 Å². The molecular formula is C13H23NS. The Morgan fingerprint density at radius 3 is 2.53 bits per heavy atom. The molecule has 1 nitrogen and oxygen atoms in total. The molecule has 0 aliphatic heterocycles. The summed E-state index contributed by atoms with van der Waals surface area (Å²) < 4.78 is 0. The molecule has 1 aromatic heterocycles. The van der Waals surface area contributed by atoms with Gasteiger partial charge in [0.15, 0.2) is 0 Å². The molecule has 0 radical (unpaired) electrons. The lowest BCUT2D eigenvalue weighted by molar-refractivity contribution is 0.369. The minimum Gasteiger partial charge on any atom is -0.310 e. The minimum absolute atomic E-state index is 0.543. The van der Waals surface area contributed by atoms with Crippen LogP contribution in [0.4, 0.5) is 0 Å². The van der Waals surface area contributed by atoms with Crippen LogP contribution in [0.15, 0.2) is 10.8 Å². The highest BCUT2D eigenvalue weighted by Gasteiger charge is 2.19. The van der Waals surface area contributed by atoms with E-state index in [-0.39, 0.29) is 0 Å². The third-order valence-corrected chi connectivity index (χ3v) is 3.85. The molecule has 1 heterocycles. The first-order chi connectivity index (χ1) is 7.20. The van der Waals surface area contributed by atoms with Gasteiger partial charge in [0, 0.05) is 6.04 Å². The van der Waals surface area contributed by atoms with Crippen molar-refractivity contribution in [2.75, 3.05) is 6.54 Å². The molecule has 0 saturated carbocycles. The SMILES string of the molecule is CCCC(C)C(NCC)c1cscc1C. The van der Waals surface area contributed by atoms with Crippen LogP contribution in [0.2, 0.25) is 0 Å². The van der Waals surface area contributed by atoms with E-state index in [0.29, 0.717) is 6.04 Å². The number of nitrogens with one attached hydrogen (secondary N) is 1. The van der Waals surface area contributed by atoms with E-state index in [1.54, 1.807) is 0 Å². The summed E-state index contributed by atoms with van der Waals surface area (Å²) in [5, 5.41) is 8.17. The Morgan fingerprint density at radius 2 is 2.07 bits per heavy atom. The van der Waals surface area contributed by atoms with Gasteiger partial charge >= 0.3 is 0 Å². The second-order valence-corrected chi connectivity index (χ2v) is 5.06. The first kappa shape index (κ1) is 12.7. The molecule has 2 atom stereocenters. The molecule has 0 saturated heterocycles. The summed E-state index contributed by atoms with van der Waals surface area (Å²) in [6.07, 6.45) is 2.57. The van der Waals surface area contributed by atoms with Crippen LogP contribution >= 0.6 is 11.3 Å². The number of rotatable bonds is 6. The predicted molar refractivity (Wildman–Crippen MR) is 69.5 cm³/mol. The van der Waals surface area contributed by atoms with Crippen molar-refractivity contribution in [3.63, 3.8) is 0 Å². The molecule has 0 aromatic carbocycles. The van der Waals surface area contributed by atoms with Gasteiger partial charge in [0.25, 0.3) is 0 Å². The maximum atomic E-state index is 3.62. The fourth-order valence-corrected chi connectivity index (χ4v) is 3.04. The van der Waals surface area contributed by atoms with Crippen molar-refractivity contribution < 1.29 is 0 Å². The predicted octanol–water partition coefficient (Wildman–Crippen LogP) is 4.14. The van der Waals surface area contributed by atoms with Crippen molar-refractivity contribution >= 4 is 11.3 Å². The van der Waals surface area contributed by atoms with Gasteiger partial charge in [-0.15, -0.1) is 0 Å². The van der Waals surface area contributed by atoms with Gasteiger partial charge in [-0.2, -0.15) is 11.3 Å². The third-order valence-electron chi connectivity index (χ3n) is 2.97. The second-order valence-electron chi connectivity index (χ2n) is 4.31. The van der Waals surface area contributed by atoms with E-state index in [4.69, 9.17) is 0 Å². The van der Waals surface area contributed by atoms with Gasteiger partial charge < -0.3 is 5.32 Å². The Morgan fingerprint density at radius 1 is 1.33 bits per heavy atom. The number of aryl methyl sites for hydroxylation is 1. The summed E-state index contributed by atoms with van der Waals surface area (Å²) in [5.41, 5.74) is 2.94. The Hall–Kier alpha value is -0.340. The monoisotopic (exact) mass is 225 g/mol. The second kappa shape index (κ2) is 6.29. The molecular weight excluding hydrogens is 202 g/mol. The summed E-state index contributed by atoms with van der Waals surface area (Å²) >= 11 is 1.82. The van der Waals surface area contributed by atoms with Crippen LogP contribution in [0.25, 0.3) is 0 Å². The Balaban J connectivity index is 2.77. The number of hydrogen-bond acceptors (Lipinski definition) is 2. The average molecular weight is 225 g/mol. The molecule has 0 aliphatic rings. The van der Waals surface area contributed by atoms with Crippen LogP contribution in [0.5, 0.6) is 0 Å². The van der Waals surface area contributed by atoms with Crippen molar-refractivity contribution in [3.05, 3.63) is 21.9 Å². The highest BCUT2D eigenvalue weighted by molar-refractivity contribution is 7.08. The molecule has 1 aromatic rings. The summed E-state index contributed by atoms with van der Waals surface area (Å²) in [6, 6.07) is 0.543. The topological polar surface area (TPSA) is 12.0 Å². The largest absolute Gasteiger partial charge is 0.310 e. The summed E-state index contributed by atoms with van der Waals surface area (Å²) in [6.45, 7) is 10.1. The van der Waals surface area contributed by atoms with Crippen LogP contribution in [0, 0.1) is 12.8 Å². The normalized spacial score (nSPS) is 15.2. The highest BCUT2D eigenvalue weighted by atomic mass is 32.1. The van der Waals surface area contributed by atoms with Gasteiger partial charge in [-0.05, 0) is 47.7 Å². The molecule has 0 aliphatic carbocycles. The first-order valence-electron chi connectivity index (χ1n) is 5.96. The molecule has 0 amide bonds. The Bertz CT molecular complexity index is 280. The summed E-state index contributed by atoms with van der Waals surface area (Å²) in [4.78, 5) is 0. The molecule has 86 valence electrons. The quantitative estimate of drug-likeness (QED) is 0.767. The Labute approximate surface area is 97.9 Å². The van der Waals surface area contributed by atoms with E-state index >= 15 is 0 Å². The van der Waals surface area contributed by atoms with Gasteiger partial charge in [0.1, 0.15) is 0 Å². The number of thiophene rings is 1. The molecule has 0 spiro atoms. The van der Waals surface area contributed by atoms with Crippen LogP contribution in [-0.4, -0.2) is 6.54 Å². The zero-order chi connectivity index (χ0) is 11.3. The van der Waals surface area contributed by atoms with Crippen molar-refractivity contribution in [1.29, 1.82) is 0 Å². The first-order valence-corrected chi connectivity index (χ1v) is 6.91. The standard InChI is InChI=1S/C13H23NS/c1-5-7-10(3)13(14-6-2)12-9-15-8-11(12)4/h8-10,13-14H,5-7H2,1-4H3. The van der Waals surface area contributed by atoms with Gasteiger partial charge in [-0.25, -0.2) is 0 Å². The lowest BCUT2D eigenvalue weighted by Gasteiger charge is -2.25. The Kier molecular flexibility index (Phi) is 5.34. The van der Waals surface area contributed by atoms with Crippen LogP contribution in [0.3, 0.4) is 0 Å². The van der Waals surface area contributed by atoms with E-state index in [1.807, 2.05) is 11.3 Å². The van der Waals surface area contributed by atoms with Gasteiger partial charge in [-0.3, -0.25) is 0 Å². The van der Waals surface area contributed by atoms with Crippen molar-refractivity contribution in [3.8, 4) is 0 Å². The lowest BCUT2D eigenvalue weighted by atomic mass is 9.91. The molecule has 1 N–H and O–H groups in total. The van der Waals surface area contributed by atoms with E-state index in [9.17, 15) is 0 Å². The van der Waals surface area contributed by atoms with Gasteiger partial charge in [-0.1, -0.05) is 27.2 Å². The fourth-order valence-electron chi connectivity index (χ4n) is 2.15. The molecule has 2 unspecified atom stereocenters. The summed E-state index contributed by atoms with van der Waals surface area (Å²) in [5.74, 6) is 0.725. The maximum Gasteiger partial charge on any atom is 0.0356 e. The zero-order valence-corrected chi connectivity index (χ0v) is 11.2. The van der Waals surface area contributed by atoms with Crippen LogP contribution in [0.1, 0.15) is 50.8 Å². The van der Waals surface area contributed by atoms with Gasteiger partial charge in [0.05, 0.1) is 0 Å². The fraction of sp³-hybridized carbons (Fsp3) is 0.692. The lowest BCUT2D eigenvalue weighted by Crippen LogP contribution is -2.27. The zero-order valence-electron chi connectivity index (χ0n) is 10.3. The van der Waals surface area contributed by atoms with E-state index < -0.39 is 0 Å². The smallest absolute Gasteiger partial charge is 0.0356 e. The molecule has 15 heavy (non-hydrogen) atoms. The molecule has 2 heteroatoms. The molecule has 0 bridgehead atoms. The van der Waals surface area contributed by atoms with Crippen molar-refractivity contribution in [1.82, 2.24) is 5.32 Å². The van der Waals surface area contributed by atoms with Crippen LogP contribution < -0.4 is 5.32 Å². The van der Waals surface area contributed by atoms with Crippen LogP contribution in [-0.2, 0) is 0 Å². The highest BCUT2D eigenvalue weighted by Crippen LogP contribution is 2.29. The van der Waals surface area contributed by atoms with Gasteiger partial charge in [0.2, 0.25) is 0 Å². The van der Waals surface area contributed by atoms with Crippen molar-refractivity contribution in [2.45, 2.75) is 46.6 Å². The molecule has 1 rings (SSSR count). The van der Waals surface area contributed by atoms with E-state index in [1.165, 1.54) is 24.0 Å². The average Bonchev–Trinajstić information content (AvgIpc) is 2.61. The number of hydrogen-bond donors (Lipinski definition) is 1. The van der Waals surface area contributed by atoms with Crippen molar-refractivity contribution in [2.24, 2.45) is 5.92 Å². The third kappa shape index (κ3) is 3.32. The molecule has 0 fully saturated rings. The maximum absolute atomic E-state index is 3.62. The van der Waals surface area contributed by atoms with E-state index in [2.05, 4.69) is 43.8 Å². The minimum atomic E-state index is 0.543.